The van der Waals surface area contributed by atoms with Gasteiger partial charge in [-0.05, 0) is 56.7 Å². The van der Waals surface area contributed by atoms with Gasteiger partial charge in [-0.2, -0.15) is 5.01 Å². The van der Waals surface area contributed by atoms with E-state index < -0.39 is 36.0 Å². The zero-order valence-electron chi connectivity index (χ0n) is 15.8. The topological polar surface area (TPSA) is 105 Å². The van der Waals surface area contributed by atoms with E-state index >= 15 is 0 Å². The van der Waals surface area contributed by atoms with Crippen molar-refractivity contribution in [3.8, 4) is 0 Å². The molecule has 4 amide bonds. The molecule has 0 atom stereocenters. The average molecular weight is 405 g/mol. The lowest BCUT2D eigenvalue weighted by molar-refractivity contribution is -0.147. The Balaban J connectivity index is 1.49. The highest BCUT2D eigenvalue weighted by Gasteiger charge is 2.52. The highest BCUT2D eigenvalue weighted by molar-refractivity contribution is 7.12. The summed E-state index contributed by atoms with van der Waals surface area (Å²) >= 11 is 1.52. The molecule has 1 spiro atoms. The Kier molecular flexibility index (Phi) is 5.83. The summed E-state index contributed by atoms with van der Waals surface area (Å²) in [5.41, 5.74) is 1.29. The van der Waals surface area contributed by atoms with Gasteiger partial charge in [-0.3, -0.25) is 15.0 Å². The lowest BCUT2D eigenvalue weighted by Crippen LogP contribution is -2.52. The zero-order valence-corrected chi connectivity index (χ0v) is 16.6. The number of nitrogens with one attached hydrogen (secondary N) is 2. The van der Waals surface area contributed by atoms with E-state index in [-0.39, 0.29) is 0 Å². The van der Waals surface area contributed by atoms with Crippen molar-refractivity contribution >= 4 is 41.2 Å². The van der Waals surface area contributed by atoms with Crippen LogP contribution < -0.4 is 10.7 Å². The molecule has 2 N–H and O–H groups in total. The Morgan fingerprint density at radius 3 is 2.71 bits per heavy atom. The van der Waals surface area contributed by atoms with E-state index in [0.717, 1.165) is 22.6 Å². The minimum absolute atomic E-state index is 0.461. The monoisotopic (exact) mass is 405 g/mol. The summed E-state index contributed by atoms with van der Waals surface area (Å²) in [4.78, 5) is 50.5. The molecule has 1 aliphatic heterocycles. The van der Waals surface area contributed by atoms with Crippen LogP contribution in [0.2, 0.25) is 0 Å². The molecule has 2 heterocycles. The average Bonchev–Trinajstić information content (AvgIpc) is 3.17. The number of ether oxygens (including phenoxy) is 1. The van der Waals surface area contributed by atoms with Gasteiger partial charge in [0, 0.05) is 15.8 Å². The number of hydrazine groups is 1. The van der Waals surface area contributed by atoms with E-state index in [4.69, 9.17) is 4.74 Å². The van der Waals surface area contributed by atoms with Crippen LogP contribution in [0, 0.1) is 12.8 Å². The fourth-order valence-corrected chi connectivity index (χ4v) is 4.13. The Bertz CT molecular complexity index is 823. The van der Waals surface area contributed by atoms with Gasteiger partial charge in [0.15, 0.2) is 6.61 Å². The van der Waals surface area contributed by atoms with Gasteiger partial charge < -0.3 is 10.1 Å². The van der Waals surface area contributed by atoms with Crippen molar-refractivity contribution in [1.82, 2.24) is 15.8 Å². The van der Waals surface area contributed by atoms with Crippen molar-refractivity contribution in [3.63, 3.8) is 0 Å². The van der Waals surface area contributed by atoms with Crippen molar-refractivity contribution in [2.45, 2.75) is 45.1 Å². The molecule has 9 heteroatoms. The quantitative estimate of drug-likeness (QED) is 0.444. The molecule has 8 nitrogen and oxygen atoms in total. The normalized spacial score (nSPS) is 24.6. The number of esters is 1. The molecule has 1 saturated carbocycles. The van der Waals surface area contributed by atoms with Crippen LogP contribution in [0.1, 0.15) is 42.4 Å². The maximum atomic E-state index is 12.6. The molecule has 0 aromatic carbocycles. The number of carbonyl (C=O) groups is 4. The van der Waals surface area contributed by atoms with Gasteiger partial charge >= 0.3 is 12.0 Å². The van der Waals surface area contributed by atoms with Crippen LogP contribution in [0.3, 0.4) is 0 Å². The molecule has 2 aliphatic rings. The molecular weight excluding hydrogens is 382 g/mol. The second kappa shape index (κ2) is 8.14. The van der Waals surface area contributed by atoms with Crippen LogP contribution in [0.4, 0.5) is 4.79 Å². The number of hydrogen-bond donors (Lipinski definition) is 2. The summed E-state index contributed by atoms with van der Waals surface area (Å²) in [5.74, 6) is -1.39. The number of nitrogens with zero attached hydrogens (tertiary/aromatic N) is 1. The Morgan fingerprint density at radius 2 is 2.07 bits per heavy atom. The van der Waals surface area contributed by atoms with Crippen LogP contribution in [-0.4, -0.2) is 41.0 Å². The first-order valence-corrected chi connectivity index (χ1v) is 9.98. The molecule has 0 unspecified atom stereocenters. The summed E-state index contributed by atoms with van der Waals surface area (Å²) in [6, 6.07) is 3.14. The predicted octanol–water partition coefficient (Wildman–Crippen LogP) is 2.14. The van der Waals surface area contributed by atoms with Gasteiger partial charge in [0.2, 0.25) is 0 Å². The maximum absolute atomic E-state index is 12.6. The van der Waals surface area contributed by atoms with Crippen molar-refractivity contribution in [2.75, 3.05) is 6.61 Å². The van der Waals surface area contributed by atoms with E-state index in [1.807, 2.05) is 19.1 Å². The minimum Gasteiger partial charge on any atom is -0.452 e. The van der Waals surface area contributed by atoms with E-state index in [1.165, 1.54) is 17.4 Å². The summed E-state index contributed by atoms with van der Waals surface area (Å²) in [7, 11) is 0. The molecule has 0 bridgehead atoms. The molecule has 150 valence electrons. The molecule has 1 aliphatic carbocycles. The molecule has 28 heavy (non-hydrogen) atoms. The zero-order chi connectivity index (χ0) is 20.3. The van der Waals surface area contributed by atoms with Crippen molar-refractivity contribution < 1.29 is 23.9 Å². The van der Waals surface area contributed by atoms with Gasteiger partial charge in [0.1, 0.15) is 5.54 Å². The second-order valence-electron chi connectivity index (χ2n) is 7.26. The lowest BCUT2D eigenvalue weighted by atomic mass is 9.77. The van der Waals surface area contributed by atoms with E-state index in [9.17, 15) is 19.2 Å². The van der Waals surface area contributed by atoms with Crippen LogP contribution in [0.5, 0.6) is 0 Å². The predicted molar refractivity (Wildman–Crippen MR) is 103 cm³/mol. The summed E-state index contributed by atoms with van der Waals surface area (Å²) in [6.45, 7) is 3.47. The van der Waals surface area contributed by atoms with Crippen molar-refractivity contribution in [3.05, 3.63) is 28.0 Å². The Morgan fingerprint density at radius 1 is 1.36 bits per heavy atom. The largest absolute Gasteiger partial charge is 0.452 e. The first-order chi connectivity index (χ1) is 13.3. The standard InChI is InChI=1S/C19H23N3O5S/c1-12-7-9-19(10-8-12)17(25)22(18(26)20-19)21-15(23)11-27-16(24)6-5-14-4-3-13(2)28-14/h3-6,12H,7-11H2,1-2H3,(H,20,26)(H,21,23)/b6-5+. The summed E-state index contributed by atoms with van der Waals surface area (Å²) in [5, 5.41) is 3.40. The maximum Gasteiger partial charge on any atom is 0.344 e. The first-order valence-electron chi connectivity index (χ1n) is 9.16. The fourth-order valence-electron chi connectivity index (χ4n) is 3.35. The lowest BCUT2D eigenvalue weighted by Gasteiger charge is -2.33. The van der Waals surface area contributed by atoms with Gasteiger partial charge in [-0.15, -0.1) is 11.3 Å². The van der Waals surface area contributed by atoms with Crippen LogP contribution in [0.15, 0.2) is 18.2 Å². The Labute approximate surface area is 166 Å². The number of imide groups is 1. The van der Waals surface area contributed by atoms with Crippen molar-refractivity contribution in [2.24, 2.45) is 5.92 Å². The SMILES string of the molecule is Cc1ccc(/C=C/C(=O)OCC(=O)NN2C(=O)NC3(CCC(C)CC3)C2=O)s1. The summed E-state index contributed by atoms with van der Waals surface area (Å²) in [6.07, 6.45) is 5.59. The Hall–Kier alpha value is -2.68. The van der Waals surface area contributed by atoms with Gasteiger partial charge in [-0.25, -0.2) is 9.59 Å². The van der Waals surface area contributed by atoms with Gasteiger partial charge in [-0.1, -0.05) is 6.92 Å². The van der Waals surface area contributed by atoms with Crippen molar-refractivity contribution in [1.29, 1.82) is 0 Å². The number of thiophene rings is 1. The highest BCUT2D eigenvalue weighted by atomic mass is 32.1. The number of rotatable bonds is 5. The smallest absolute Gasteiger partial charge is 0.344 e. The van der Waals surface area contributed by atoms with Crippen LogP contribution in [0.25, 0.3) is 6.08 Å². The van der Waals surface area contributed by atoms with E-state index in [0.29, 0.717) is 23.8 Å². The number of aryl methyl sites for hydroxylation is 1. The number of amides is 4. The molecule has 1 aromatic heterocycles. The van der Waals surface area contributed by atoms with E-state index in [1.54, 1.807) is 6.08 Å². The third-order valence-electron chi connectivity index (χ3n) is 5.02. The number of hydrogen-bond acceptors (Lipinski definition) is 6. The number of carbonyl (C=O) groups excluding carboxylic acids is 4. The second-order valence-corrected chi connectivity index (χ2v) is 8.58. The molecule has 0 radical (unpaired) electrons. The minimum atomic E-state index is -0.935. The summed E-state index contributed by atoms with van der Waals surface area (Å²) < 4.78 is 4.86. The molecule has 1 saturated heterocycles. The van der Waals surface area contributed by atoms with E-state index in [2.05, 4.69) is 17.7 Å². The highest BCUT2D eigenvalue weighted by Crippen LogP contribution is 2.35. The molecule has 1 aromatic rings. The van der Waals surface area contributed by atoms with Gasteiger partial charge in [0.25, 0.3) is 11.8 Å². The van der Waals surface area contributed by atoms with Gasteiger partial charge in [0.05, 0.1) is 0 Å². The van der Waals surface area contributed by atoms with Crippen LogP contribution in [-0.2, 0) is 19.1 Å². The third-order valence-corrected chi connectivity index (χ3v) is 5.98. The molecule has 2 fully saturated rings. The first kappa shape index (κ1) is 20.1. The third kappa shape index (κ3) is 4.41. The molecular formula is C19H23N3O5S. The molecule has 3 rings (SSSR count). The van der Waals surface area contributed by atoms with Crippen LogP contribution >= 0.6 is 11.3 Å². The fraction of sp³-hybridized carbons (Fsp3) is 0.474. The number of urea groups is 1.